The molecule has 1 aliphatic rings. The predicted molar refractivity (Wildman–Crippen MR) is 86.3 cm³/mol. The van der Waals surface area contributed by atoms with Crippen LogP contribution in [-0.4, -0.2) is 47.8 Å². The van der Waals surface area contributed by atoms with Crippen LogP contribution in [0.5, 0.6) is 0 Å². The number of benzene rings is 1. The van der Waals surface area contributed by atoms with Crippen LogP contribution in [0.1, 0.15) is 33.6 Å². The van der Waals surface area contributed by atoms with Gasteiger partial charge in [-0.1, -0.05) is 19.1 Å². The summed E-state index contributed by atoms with van der Waals surface area (Å²) >= 11 is 0. The van der Waals surface area contributed by atoms with Gasteiger partial charge in [0, 0.05) is 32.6 Å². The average molecular weight is 330 g/mol. The van der Waals surface area contributed by atoms with Crippen molar-refractivity contribution in [2.24, 2.45) is 0 Å². The summed E-state index contributed by atoms with van der Waals surface area (Å²) in [6, 6.07) is 9.41. The quantitative estimate of drug-likeness (QED) is 0.869. The van der Waals surface area contributed by atoms with Crippen molar-refractivity contribution in [3.05, 3.63) is 59.3 Å². The molecule has 0 aliphatic carbocycles. The highest BCUT2D eigenvalue weighted by atomic mass is 19.1. The molecule has 24 heavy (non-hydrogen) atoms. The van der Waals surface area contributed by atoms with Crippen molar-refractivity contribution in [2.45, 2.75) is 13.3 Å². The van der Waals surface area contributed by atoms with Gasteiger partial charge >= 0.3 is 0 Å². The lowest BCUT2D eigenvalue weighted by Gasteiger charge is -2.34. The van der Waals surface area contributed by atoms with Gasteiger partial charge in [-0.15, -0.1) is 0 Å². The van der Waals surface area contributed by atoms with Crippen LogP contribution in [0.4, 0.5) is 4.39 Å². The molecule has 1 aliphatic heterocycles. The van der Waals surface area contributed by atoms with E-state index in [4.69, 9.17) is 4.42 Å². The smallest absolute Gasteiger partial charge is 0.289 e. The third-order valence-electron chi connectivity index (χ3n) is 4.18. The third kappa shape index (κ3) is 3.18. The Morgan fingerprint density at radius 2 is 1.62 bits per heavy atom. The second kappa shape index (κ2) is 6.86. The highest BCUT2D eigenvalue weighted by Gasteiger charge is 2.27. The fourth-order valence-corrected chi connectivity index (χ4v) is 2.76. The molecule has 3 rings (SSSR count). The molecule has 1 fully saturated rings. The Morgan fingerprint density at radius 1 is 1.00 bits per heavy atom. The molecule has 0 unspecified atom stereocenters. The molecule has 0 saturated carbocycles. The molecule has 2 amide bonds. The van der Waals surface area contributed by atoms with E-state index in [1.165, 1.54) is 12.1 Å². The number of hydrogen-bond acceptors (Lipinski definition) is 3. The lowest BCUT2D eigenvalue weighted by Crippen LogP contribution is -2.50. The molecular weight excluding hydrogens is 311 g/mol. The van der Waals surface area contributed by atoms with Crippen LogP contribution in [0.25, 0.3) is 0 Å². The molecule has 1 aromatic carbocycles. The second-order valence-electron chi connectivity index (χ2n) is 5.68. The van der Waals surface area contributed by atoms with E-state index in [-0.39, 0.29) is 17.4 Å². The fourth-order valence-electron chi connectivity index (χ4n) is 2.76. The Kier molecular flexibility index (Phi) is 4.64. The van der Waals surface area contributed by atoms with Crippen LogP contribution in [0.2, 0.25) is 0 Å². The summed E-state index contributed by atoms with van der Waals surface area (Å²) in [5.41, 5.74) is 0.0656. The number of rotatable bonds is 3. The first-order valence-corrected chi connectivity index (χ1v) is 8.02. The van der Waals surface area contributed by atoms with E-state index in [1.807, 2.05) is 6.92 Å². The summed E-state index contributed by atoms with van der Waals surface area (Å²) in [6.07, 6.45) is 0.734. The summed E-state index contributed by atoms with van der Waals surface area (Å²) in [4.78, 5) is 28.0. The topological polar surface area (TPSA) is 53.8 Å². The highest BCUT2D eigenvalue weighted by Crippen LogP contribution is 2.15. The minimum absolute atomic E-state index is 0.0656. The SMILES string of the molecule is CCc1ccc(C(=O)N2CCN(C(=O)c3ccccc3F)CC2)o1. The zero-order valence-corrected chi connectivity index (χ0v) is 13.5. The Hall–Kier alpha value is -2.63. The van der Waals surface area contributed by atoms with Crippen molar-refractivity contribution in [2.75, 3.05) is 26.2 Å². The maximum Gasteiger partial charge on any atom is 0.289 e. The minimum atomic E-state index is -0.524. The summed E-state index contributed by atoms with van der Waals surface area (Å²) in [5, 5.41) is 0. The molecule has 0 radical (unpaired) electrons. The van der Waals surface area contributed by atoms with Gasteiger partial charge in [0.25, 0.3) is 11.8 Å². The molecule has 2 aromatic rings. The number of hydrogen-bond donors (Lipinski definition) is 0. The third-order valence-corrected chi connectivity index (χ3v) is 4.18. The van der Waals surface area contributed by atoms with Gasteiger partial charge in [0.15, 0.2) is 5.76 Å². The number of carbonyl (C=O) groups excluding carboxylic acids is 2. The van der Waals surface area contributed by atoms with E-state index >= 15 is 0 Å². The molecule has 0 N–H and O–H groups in total. The van der Waals surface area contributed by atoms with Crippen LogP contribution in [0.3, 0.4) is 0 Å². The summed E-state index contributed by atoms with van der Waals surface area (Å²) < 4.78 is 19.2. The maximum atomic E-state index is 13.7. The summed E-state index contributed by atoms with van der Waals surface area (Å²) in [7, 11) is 0. The number of halogens is 1. The van der Waals surface area contributed by atoms with Gasteiger partial charge in [-0.05, 0) is 24.3 Å². The molecule has 0 bridgehead atoms. The van der Waals surface area contributed by atoms with Gasteiger partial charge in [0.2, 0.25) is 0 Å². The van der Waals surface area contributed by atoms with Crippen molar-refractivity contribution in [1.82, 2.24) is 9.80 Å². The van der Waals surface area contributed by atoms with E-state index in [2.05, 4.69) is 0 Å². The zero-order valence-electron chi connectivity index (χ0n) is 13.5. The minimum Gasteiger partial charge on any atom is -0.456 e. The number of aryl methyl sites for hydroxylation is 1. The summed E-state index contributed by atoms with van der Waals surface area (Å²) in [6.45, 7) is 3.52. The molecule has 0 atom stereocenters. The lowest BCUT2D eigenvalue weighted by atomic mass is 10.1. The van der Waals surface area contributed by atoms with Crippen molar-refractivity contribution in [3.63, 3.8) is 0 Å². The first kappa shape index (κ1) is 16.2. The molecule has 1 saturated heterocycles. The van der Waals surface area contributed by atoms with Crippen molar-refractivity contribution in [1.29, 1.82) is 0 Å². The highest BCUT2D eigenvalue weighted by molar-refractivity contribution is 5.95. The van der Waals surface area contributed by atoms with Crippen LogP contribution in [0, 0.1) is 5.82 Å². The van der Waals surface area contributed by atoms with Gasteiger partial charge in [0.05, 0.1) is 5.56 Å². The van der Waals surface area contributed by atoms with Crippen LogP contribution in [0.15, 0.2) is 40.8 Å². The Labute approximate surface area is 139 Å². The monoisotopic (exact) mass is 330 g/mol. The Morgan fingerprint density at radius 3 is 2.21 bits per heavy atom. The average Bonchev–Trinajstić information content (AvgIpc) is 3.10. The van der Waals surface area contributed by atoms with E-state index < -0.39 is 5.82 Å². The molecule has 0 spiro atoms. The fraction of sp³-hybridized carbons (Fsp3) is 0.333. The normalized spacial score (nSPS) is 14.8. The molecule has 6 heteroatoms. The second-order valence-corrected chi connectivity index (χ2v) is 5.68. The van der Waals surface area contributed by atoms with Crippen molar-refractivity contribution < 1.29 is 18.4 Å². The van der Waals surface area contributed by atoms with Crippen LogP contribution < -0.4 is 0 Å². The number of carbonyl (C=O) groups is 2. The van der Waals surface area contributed by atoms with Gasteiger partial charge in [0.1, 0.15) is 11.6 Å². The first-order valence-electron chi connectivity index (χ1n) is 8.02. The number of furan rings is 1. The van der Waals surface area contributed by atoms with Gasteiger partial charge in [-0.2, -0.15) is 0 Å². The van der Waals surface area contributed by atoms with Crippen molar-refractivity contribution in [3.8, 4) is 0 Å². The van der Waals surface area contributed by atoms with Crippen LogP contribution >= 0.6 is 0 Å². The number of nitrogens with zero attached hydrogens (tertiary/aromatic N) is 2. The molecule has 126 valence electrons. The van der Waals surface area contributed by atoms with E-state index in [1.54, 1.807) is 34.1 Å². The Balaban J connectivity index is 1.62. The van der Waals surface area contributed by atoms with E-state index in [9.17, 15) is 14.0 Å². The van der Waals surface area contributed by atoms with Crippen molar-refractivity contribution >= 4 is 11.8 Å². The maximum absolute atomic E-state index is 13.7. The summed E-state index contributed by atoms with van der Waals surface area (Å²) in [5.74, 6) is 0.0512. The predicted octanol–water partition coefficient (Wildman–Crippen LogP) is 2.58. The van der Waals surface area contributed by atoms with Crippen LogP contribution in [-0.2, 0) is 6.42 Å². The van der Waals surface area contributed by atoms with Gasteiger partial charge < -0.3 is 14.2 Å². The van der Waals surface area contributed by atoms with E-state index in [0.717, 1.165) is 12.2 Å². The van der Waals surface area contributed by atoms with E-state index in [0.29, 0.717) is 31.9 Å². The zero-order chi connectivity index (χ0) is 17.1. The molecule has 2 heterocycles. The van der Waals surface area contributed by atoms with Gasteiger partial charge in [-0.25, -0.2) is 4.39 Å². The first-order chi connectivity index (χ1) is 11.6. The van der Waals surface area contributed by atoms with Gasteiger partial charge in [-0.3, -0.25) is 9.59 Å². The lowest BCUT2D eigenvalue weighted by molar-refractivity contribution is 0.0515. The standard InChI is InChI=1S/C18H19FN2O3/c1-2-13-7-8-16(24-13)18(23)21-11-9-20(10-12-21)17(22)14-5-3-4-6-15(14)19/h3-8H,2,9-12H2,1H3. The molecule has 5 nitrogen and oxygen atoms in total. The Bertz CT molecular complexity index is 748. The molecule has 1 aromatic heterocycles. The number of amides is 2. The largest absolute Gasteiger partial charge is 0.456 e. The number of piperazine rings is 1. The molecular formula is C18H19FN2O3.